The summed E-state index contributed by atoms with van der Waals surface area (Å²) in [6, 6.07) is 9.54. The Morgan fingerprint density at radius 1 is 1.18 bits per heavy atom. The lowest BCUT2D eigenvalue weighted by Crippen LogP contribution is -2.14. The molecule has 0 heterocycles. The second-order valence-electron chi connectivity index (χ2n) is 4.36. The van der Waals surface area contributed by atoms with Crippen LogP contribution in [-0.4, -0.2) is 18.9 Å². The van der Waals surface area contributed by atoms with Crippen LogP contribution in [0.2, 0.25) is 5.02 Å². The first-order valence-corrected chi connectivity index (χ1v) is 7.33. The number of benzene rings is 2. The molecule has 7 heteroatoms. The average Bonchev–Trinajstić information content (AvgIpc) is 2.47. The molecule has 2 amide bonds. The molecule has 0 saturated carbocycles. The Kier molecular flexibility index (Phi) is 5.05. The van der Waals surface area contributed by atoms with Gasteiger partial charge in [0.15, 0.2) is 0 Å². The first-order chi connectivity index (χ1) is 10.4. The minimum atomic E-state index is -0.626. The van der Waals surface area contributed by atoms with Gasteiger partial charge in [-0.05, 0) is 52.3 Å². The summed E-state index contributed by atoms with van der Waals surface area (Å²) in [4.78, 5) is 23.4. The molecule has 114 valence electrons. The van der Waals surface area contributed by atoms with Gasteiger partial charge in [0.2, 0.25) is 5.91 Å². The van der Waals surface area contributed by atoms with Crippen molar-refractivity contribution in [1.29, 1.82) is 0 Å². The highest BCUT2D eigenvalue weighted by atomic mass is 79.9. The number of primary amides is 1. The molecule has 5 nitrogen and oxygen atoms in total. The molecule has 0 aromatic heterocycles. The highest BCUT2D eigenvalue weighted by Gasteiger charge is 2.13. The predicted molar refractivity (Wildman–Crippen MR) is 88.6 cm³/mol. The number of hydrogen-bond acceptors (Lipinski definition) is 3. The van der Waals surface area contributed by atoms with Gasteiger partial charge in [-0.1, -0.05) is 11.6 Å². The van der Waals surface area contributed by atoms with E-state index in [4.69, 9.17) is 22.1 Å². The third kappa shape index (κ3) is 3.58. The lowest BCUT2D eigenvalue weighted by atomic mass is 10.1. The molecule has 0 bridgehead atoms. The van der Waals surface area contributed by atoms with Crippen LogP contribution in [0.15, 0.2) is 40.9 Å². The Morgan fingerprint density at radius 3 is 2.50 bits per heavy atom. The van der Waals surface area contributed by atoms with E-state index >= 15 is 0 Å². The number of carbonyl (C=O) groups is 2. The summed E-state index contributed by atoms with van der Waals surface area (Å²) in [6.07, 6.45) is 0. The second kappa shape index (κ2) is 6.81. The maximum Gasteiger partial charge on any atom is 0.256 e. The van der Waals surface area contributed by atoms with Gasteiger partial charge >= 0.3 is 0 Å². The summed E-state index contributed by atoms with van der Waals surface area (Å²) < 4.78 is 5.73. The lowest BCUT2D eigenvalue weighted by molar-refractivity contribution is 0.0998. The van der Waals surface area contributed by atoms with Crippen LogP contribution in [0.1, 0.15) is 20.7 Å². The van der Waals surface area contributed by atoms with Gasteiger partial charge in [-0.3, -0.25) is 9.59 Å². The molecule has 2 aromatic rings. The van der Waals surface area contributed by atoms with Crippen LogP contribution >= 0.6 is 27.5 Å². The van der Waals surface area contributed by atoms with Crippen LogP contribution in [0.3, 0.4) is 0 Å². The fourth-order valence-electron chi connectivity index (χ4n) is 1.80. The summed E-state index contributed by atoms with van der Waals surface area (Å²) in [6.45, 7) is 0. The maximum absolute atomic E-state index is 12.3. The van der Waals surface area contributed by atoms with E-state index in [1.165, 1.54) is 19.2 Å². The van der Waals surface area contributed by atoms with E-state index in [0.717, 1.165) is 0 Å². The molecule has 0 aliphatic carbocycles. The number of ether oxygens (including phenoxy) is 1. The third-order valence-electron chi connectivity index (χ3n) is 2.91. The van der Waals surface area contributed by atoms with Crippen molar-refractivity contribution < 1.29 is 14.3 Å². The smallest absolute Gasteiger partial charge is 0.256 e. The molecule has 0 unspecified atom stereocenters. The van der Waals surface area contributed by atoms with E-state index in [1.54, 1.807) is 24.3 Å². The maximum atomic E-state index is 12.3. The van der Waals surface area contributed by atoms with Gasteiger partial charge in [0.1, 0.15) is 5.75 Å². The molecule has 3 N–H and O–H groups in total. The fraction of sp³-hybridized carbons (Fsp3) is 0.0667. The summed E-state index contributed by atoms with van der Waals surface area (Å²) in [7, 11) is 1.52. The summed E-state index contributed by atoms with van der Waals surface area (Å²) in [5.41, 5.74) is 6.24. The van der Waals surface area contributed by atoms with Gasteiger partial charge in [-0.15, -0.1) is 0 Å². The zero-order valence-corrected chi connectivity index (χ0v) is 13.9. The molecular formula is C15H12BrClN2O3. The van der Waals surface area contributed by atoms with Crippen molar-refractivity contribution in [1.82, 2.24) is 0 Å². The van der Waals surface area contributed by atoms with Crippen molar-refractivity contribution in [2.24, 2.45) is 5.73 Å². The molecule has 2 rings (SSSR count). The number of methoxy groups -OCH3 is 1. The summed E-state index contributed by atoms with van der Waals surface area (Å²) in [5.74, 6) is -0.400. The number of carbonyl (C=O) groups excluding carboxylic acids is 2. The van der Waals surface area contributed by atoms with E-state index in [1.807, 2.05) is 0 Å². The largest absolute Gasteiger partial charge is 0.497 e. The number of amides is 2. The molecule has 0 aliphatic heterocycles. The van der Waals surface area contributed by atoms with Crippen LogP contribution in [0.4, 0.5) is 5.69 Å². The molecule has 0 radical (unpaired) electrons. The highest BCUT2D eigenvalue weighted by molar-refractivity contribution is 9.10. The number of halogens is 2. The first kappa shape index (κ1) is 16.3. The summed E-state index contributed by atoms with van der Waals surface area (Å²) in [5, 5.41) is 2.87. The Morgan fingerprint density at radius 2 is 1.91 bits per heavy atom. The molecule has 0 aliphatic rings. The van der Waals surface area contributed by atoms with Crippen LogP contribution in [0.25, 0.3) is 0 Å². The van der Waals surface area contributed by atoms with Gasteiger partial charge in [0.25, 0.3) is 5.91 Å². The zero-order valence-electron chi connectivity index (χ0n) is 11.5. The van der Waals surface area contributed by atoms with Gasteiger partial charge < -0.3 is 15.8 Å². The SMILES string of the molecule is COc1ccc(Br)c(C(=O)Nc2ccc(C(N)=O)c(Cl)c2)c1. The third-order valence-corrected chi connectivity index (χ3v) is 3.91. The van der Waals surface area contributed by atoms with Gasteiger partial charge in [0, 0.05) is 10.2 Å². The first-order valence-electron chi connectivity index (χ1n) is 6.16. The van der Waals surface area contributed by atoms with E-state index in [9.17, 15) is 9.59 Å². The van der Waals surface area contributed by atoms with Crippen LogP contribution in [0.5, 0.6) is 5.75 Å². The lowest BCUT2D eigenvalue weighted by Gasteiger charge is -2.10. The van der Waals surface area contributed by atoms with Crippen LogP contribution in [-0.2, 0) is 0 Å². The van der Waals surface area contributed by atoms with E-state index < -0.39 is 5.91 Å². The highest BCUT2D eigenvalue weighted by Crippen LogP contribution is 2.25. The van der Waals surface area contributed by atoms with Crippen LogP contribution in [0, 0.1) is 0 Å². The Bertz CT molecular complexity index is 750. The van der Waals surface area contributed by atoms with Crippen molar-refractivity contribution in [2.75, 3.05) is 12.4 Å². The minimum absolute atomic E-state index is 0.176. The molecule has 22 heavy (non-hydrogen) atoms. The van der Waals surface area contributed by atoms with Gasteiger partial charge in [-0.25, -0.2) is 0 Å². The molecule has 0 saturated heterocycles. The monoisotopic (exact) mass is 382 g/mol. The van der Waals surface area contributed by atoms with Crippen molar-refractivity contribution in [2.45, 2.75) is 0 Å². The van der Waals surface area contributed by atoms with Crippen molar-refractivity contribution >= 4 is 45.0 Å². The number of nitrogens with one attached hydrogen (secondary N) is 1. The number of nitrogens with two attached hydrogens (primary N) is 1. The molecule has 0 atom stereocenters. The van der Waals surface area contributed by atoms with Crippen molar-refractivity contribution in [3.05, 3.63) is 57.0 Å². The van der Waals surface area contributed by atoms with E-state index in [-0.39, 0.29) is 16.5 Å². The summed E-state index contributed by atoms with van der Waals surface area (Å²) >= 11 is 9.27. The van der Waals surface area contributed by atoms with Crippen molar-refractivity contribution in [3.8, 4) is 5.75 Å². The Balaban J connectivity index is 2.26. The van der Waals surface area contributed by atoms with E-state index in [0.29, 0.717) is 21.5 Å². The average molecular weight is 384 g/mol. The topological polar surface area (TPSA) is 81.4 Å². The van der Waals surface area contributed by atoms with Gasteiger partial charge in [0.05, 0.1) is 23.3 Å². The van der Waals surface area contributed by atoms with Gasteiger partial charge in [-0.2, -0.15) is 0 Å². The molecule has 0 spiro atoms. The number of hydrogen-bond donors (Lipinski definition) is 2. The predicted octanol–water partition coefficient (Wildman–Crippen LogP) is 3.46. The second-order valence-corrected chi connectivity index (χ2v) is 5.62. The Hall–Kier alpha value is -2.05. The van der Waals surface area contributed by atoms with Crippen LogP contribution < -0.4 is 15.8 Å². The number of anilines is 1. The fourth-order valence-corrected chi connectivity index (χ4v) is 2.50. The van der Waals surface area contributed by atoms with E-state index in [2.05, 4.69) is 21.2 Å². The number of rotatable bonds is 4. The molecule has 2 aromatic carbocycles. The molecular weight excluding hydrogens is 372 g/mol. The Labute approximate surface area is 140 Å². The zero-order chi connectivity index (χ0) is 16.3. The molecule has 0 fully saturated rings. The normalized spacial score (nSPS) is 10.1. The van der Waals surface area contributed by atoms with Crippen molar-refractivity contribution in [3.63, 3.8) is 0 Å². The quantitative estimate of drug-likeness (QED) is 0.848. The minimum Gasteiger partial charge on any atom is -0.497 e. The standard InChI is InChI=1S/C15H12BrClN2O3/c1-22-9-3-5-12(16)11(7-9)15(21)19-8-2-4-10(14(18)20)13(17)6-8/h2-7H,1H3,(H2,18,20)(H,19,21).